The third-order valence-electron chi connectivity index (χ3n) is 12.5. The highest BCUT2D eigenvalue weighted by atomic mass is 16.7. The number of hydrogen-bond acceptors (Lipinski definition) is 20. The van der Waals surface area contributed by atoms with Crippen LogP contribution < -0.4 is 26.6 Å². The van der Waals surface area contributed by atoms with Gasteiger partial charge in [-0.1, -0.05) is 0 Å². The highest BCUT2D eigenvalue weighted by Crippen LogP contribution is 2.39. The summed E-state index contributed by atoms with van der Waals surface area (Å²) in [5.74, 6) is -2.74. The Morgan fingerprint density at radius 1 is 0.731 bits per heavy atom. The van der Waals surface area contributed by atoms with Crippen molar-refractivity contribution in [2.75, 3.05) is 46.4 Å². The summed E-state index contributed by atoms with van der Waals surface area (Å²) < 4.78 is 46.7. The minimum atomic E-state index is -1.90. The normalized spacial score (nSPS) is 28.9. The third-order valence-corrected chi connectivity index (χ3v) is 12.5. The number of nitrogens with zero attached hydrogens (tertiary/aromatic N) is 2. The molecule has 13 atom stereocenters. The molecule has 0 bridgehead atoms. The van der Waals surface area contributed by atoms with Crippen LogP contribution in [0.5, 0.6) is 0 Å². The van der Waals surface area contributed by atoms with Gasteiger partial charge in [0.15, 0.2) is 6.29 Å². The number of amides is 6. The predicted octanol–water partition coefficient (Wildman–Crippen LogP) is 2.10. The molecule has 448 valence electrons. The molecular weight excluding hydrogens is 1030 g/mol. The zero-order chi connectivity index (χ0) is 59.3. The van der Waals surface area contributed by atoms with Crippen LogP contribution in [0, 0.1) is 11.8 Å². The molecular formula is C52H91N7O19. The first-order valence-corrected chi connectivity index (χ1v) is 26.5. The number of hydrogen-bond donors (Lipinski definition) is 10. The molecule has 1 aliphatic carbocycles. The summed E-state index contributed by atoms with van der Waals surface area (Å²) in [7, 11) is 1.31. The number of carbonyl (C=O) groups is 6. The molecule has 3 aliphatic heterocycles. The molecule has 0 aromatic rings. The molecule has 6 amide bonds. The lowest BCUT2D eigenvalue weighted by Crippen LogP contribution is -2.71. The van der Waals surface area contributed by atoms with Crippen molar-refractivity contribution in [3.63, 3.8) is 0 Å². The summed E-state index contributed by atoms with van der Waals surface area (Å²) >= 11 is 0. The number of carbonyl (C=O) groups excluding carboxylic acids is 6. The topological polar surface area (TPSA) is 344 Å². The summed E-state index contributed by atoms with van der Waals surface area (Å²) in [6.45, 7) is 25.6. The van der Waals surface area contributed by atoms with Crippen molar-refractivity contribution < 1.29 is 92.2 Å². The Hall–Kier alpha value is -4.96. The minimum Gasteiger partial charge on any atom is -0.491 e. The smallest absolute Gasteiger partial charge is 0.410 e. The van der Waals surface area contributed by atoms with E-state index in [1.54, 1.807) is 110 Å². The summed E-state index contributed by atoms with van der Waals surface area (Å²) in [5.41, 5.74) is -6.41. The largest absolute Gasteiger partial charge is 0.491 e. The molecule has 4 rings (SSSR count). The average molecular weight is 1120 g/mol. The van der Waals surface area contributed by atoms with E-state index in [1.807, 2.05) is 0 Å². The monoisotopic (exact) mass is 1120 g/mol. The average Bonchev–Trinajstić information content (AvgIpc) is 3.21. The number of ether oxygens (including phenoxy) is 8. The molecule has 3 heterocycles. The van der Waals surface area contributed by atoms with Crippen LogP contribution in [0.15, 0.2) is 11.8 Å². The van der Waals surface area contributed by atoms with Gasteiger partial charge in [0.2, 0.25) is 5.91 Å². The lowest BCUT2D eigenvalue weighted by molar-refractivity contribution is -0.306. The maximum absolute atomic E-state index is 14.2. The van der Waals surface area contributed by atoms with E-state index in [2.05, 4.69) is 26.6 Å². The number of nitrogens with one attached hydrogen (secondary N) is 5. The van der Waals surface area contributed by atoms with Gasteiger partial charge in [0, 0.05) is 51.1 Å². The Morgan fingerprint density at radius 3 is 1.79 bits per heavy atom. The second-order valence-corrected chi connectivity index (χ2v) is 25.8. The van der Waals surface area contributed by atoms with Gasteiger partial charge in [-0.15, -0.1) is 0 Å². The van der Waals surface area contributed by atoms with Crippen LogP contribution in [0.1, 0.15) is 124 Å². The summed E-state index contributed by atoms with van der Waals surface area (Å²) in [6.07, 6.45) is -13.8. The van der Waals surface area contributed by atoms with E-state index < -0.39 is 156 Å². The number of likely N-dealkylation sites (N-methyl/N-ethyl adjacent to an activating group) is 1. The zero-order valence-corrected chi connectivity index (χ0v) is 48.6. The molecule has 78 heavy (non-hydrogen) atoms. The first kappa shape index (κ1) is 65.6. The maximum atomic E-state index is 14.2. The second kappa shape index (κ2) is 25.7. The maximum Gasteiger partial charge on any atom is 0.410 e. The van der Waals surface area contributed by atoms with Crippen LogP contribution in [-0.2, 0) is 42.7 Å². The number of aliphatic hydroxyl groups is 5. The van der Waals surface area contributed by atoms with Crippen LogP contribution >= 0.6 is 0 Å². The Labute approximate surface area is 458 Å². The van der Waals surface area contributed by atoms with Crippen molar-refractivity contribution >= 4 is 36.4 Å². The predicted molar refractivity (Wildman–Crippen MR) is 279 cm³/mol. The van der Waals surface area contributed by atoms with E-state index in [0.717, 1.165) is 4.90 Å². The molecule has 0 aromatic carbocycles. The van der Waals surface area contributed by atoms with Gasteiger partial charge in [0.25, 0.3) is 0 Å². The van der Waals surface area contributed by atoms with Gasteiger partial charge in [-0.05, 0) is 130 Å². The molecule has 10 N–H and O–H groups in total. The number of rotatable bonds is 15. The van der Waals surface area contributed by atoms with Crippen molar-refractivity contribution in [3.8, 4) is 0 Å². The SMILES string of the molecule is CN(C(=O)OC(C)(C)C)[C@@H]1[C@@H](O)[C@@H](O[C@H]2[C@H](NC(=O)[C@@H](O)C3CN(C(=O)OC(C)(C)C)C3)C[C@H](NC(=O)OC(C)(C)C)C([C@H]3OC(CNCC(O)CNC(=O)OC(C)(C)C)=CC[C@H]3NC(=O)OC(C)(C)C)[C@@H]2O)OC[C@]1(C)O. The first-order valence-electron chi connectivity index (χ1n) is 26.5. The van der Waals surface area contributed by atoms with Crippen LogP contribution in [-0.4, -0.2) is 219 Å². The highest BCUT2D eigenvalue weighted by molar-refractivity contribution is 5.82. The molecule has 3 fully saturated rings. The van der Waals surface area contributed by atoms with Crippen molar-refractivity contribution in [3.05, 3.63) is 11.8 Å². The lowest BCUT2D eigenvalue weighted by Gasteiger charge is -2.52. The van der Waals surface area contributed by atoms with Gasteiger partial charge in [0.1, 0.15) is 63.8 Å². The van der Waals surface area contributed by atoms with Gasteiger partial charge < -0.3 is 99.8 Å². The van der Waals surface area contributed by atoms with E-state index in [1.165, 1.54) is 18.9 Å². The fourth-order valence-electron chi connectivity index (χ4n) is 9.31. The second-order valence-electron chi connectivity index (χ2n) is 25.8. The van der Waals surface area contributed by atoms with Gasteiger partial charge in [-0.3, -0.25) is 4.79 Å². The molecule has 2 saturated heterocycles. The molecule has 0 spiro atoms. The molecule has 4 aliphatic rings. The van der Waals surface area contributed by atoms with Crippen molar-refractivity contribution in [2.45, 2.75) is 224 Å². The number of alkyl carbamates (subject to hydrolysis) is 3. The van der Waals surface area contributed by atoms with Gasteiger partial charge in [-0.2, -0.15) is 0 Å². The van der Waals surface area contributed by atoms with Gasteiger partial charge >= 0.3 is 30.5 Å². The molecule has 26 nitrogen and oxygen atoms in total. The zero-order valence-electron chi connectivity index (χ0n) is 48.6. The summed E-state index contributed by atoms with van der Waals surface area (Å²) in [4.78, 5) is 82.4. The molecule has 1 saturated carbocycles. The van der Waals surface area contributed by atoms with E-state index in [4.69, 9.17) is 37.9 Å². The molecule has 0 aromatic heterocycles. The van der Waals surface area contributed by atoms with Gasteiger partial charge in [0.05, 0.1) is 43.5 Å². The highest BCUT2D eigenvalue weighted by Gasteiger charge is 2.57. The molecule has 0 radical (unpaired) electrons. The number of likely N-dealkylation sites (tertiary alicyclic amines) is 1. The van der Waals surface area contributed by atoms with Gasteiger partial charge in [-0.25, -0.2) is 24.0 Å². The Bertz CT molecular complexity index is 2110. The van der Waals surface area contributed by atoms with E-state index in [-0.39, 0.29) is 51.3 Å². The van der Waals surface area contributed by atoms with Crippen molar-refractivity contribution in [1.82, 2.24) is 36.4 Å². The van der Waals surface area contributed by atoms with E-state index in [0.29, 0.717) is 0 Å². The molecule has 2 unspecified atom stereocenters. The lowest BCUT2D eigenvalue weighted by atomic mass is 9.72. The quantitative estimate of drug-likeness (QED) is 0.105. The van der Waals surface area contributed by atoms with Crippen molar-refractivity contribution in [1.29, 1.82) is 0 Å². The van der Waals surface area contributed by atoms with E-state index >= 15 is 0 Å². The Morgan fingerprint density at radius 2 is 1.26 bits per heavy atom. The number of aliphatic hydroxyl groups excluding tert-OH is 4. The van der Waals surface area contributed by atoms with Crippen LogP contribution in [0.3, 0.4) is 0 Å². The third kappa shape index (κ3) is 20.0. The Kier molecular flexibility index (Phi) is 21.6. The van der Waals surface area contributed by atoms with Crippen LogP contribution in [0.25, 0.3) is 0 Å². The minimum absolute atomic E-state index is 0.0241. The fraction of sp³-hybridized carbons (Fsp3) is 0.846. The fourth-order valence-corrected chi connectivity index (χ4v) is 9.31. The van der Waals surface area contributed by atoms with Crippen molar-refractivity contribution in [2.24, 2.45) is 11.8 Å². The van der Waals surface area contributed by atoms with Crippen LogP contribution in [0.4, 0.5) is 24.0 Å². The van der Waals surface area contributed by atoms with E-state index in [9.17, 15) is 54.3 Å². The first-order chi connectivity index (χ1) is 35.5. The molecule has 26 heteroatoms. The van der Waals surface area contributed by atoms with Crippen LogP contribution in [0.2, 0.25) is 0 Å². The standard InChI is InChI=1S/C52H91N7O19/c1-47(2,3)74-42(65)54-22-28(60)21-53-23-29-18-19-30(56-43(66)75-48(4,5)6)37(72-29)33-31(57-44(67)76-49(7,8)9)20-32(55-40(64)34(61)27-24-59(25-27)46(69)78-51(13,14)15)38(35(33)62)73-41-36(63)39(52(16,70)26-71-41)58(17)45(68)77-50(10,11)12/h18,27-28,30-39,41,53,60-63,70H,19-26H2,1-17H3,(H,54,65)(H,55,64)(H,56,66)(H,57,67)/t28?,30-,31+,32-,33?,34+,35+,36-,37+,38+,39-,41-,52+/m1/s1. The Balaban J connectivity index is 1.77. The summed E-state index contributed by atoms with van der Waals surface area (Å²) in [6, 6.07) is -5.02. The summed E-state index contributed by atoms with van der Waals surface area (Å²) in [5, 5.41) is 72.9.